The second kappa shape index (κ2) is 8.06. The molecule has 1 fully saturated rings. The van der Waals surface area contributed by atoms with Gasteiger partial charge in [-0.25, -0.2) is 9.37 Å². The van der Waals surface area contributed by atoms with Crippen molar-refractivity contribution in [1.29, 1.82) is 0 Å². The Morgan fingerprint density at radius 3 is 2.50 bits per heavy atom. The number of carbonyl (C=O) groups excluding carboxylic acids is 1. The van der Waals surface area contributed by atoms with Crippen molar-refractivity contribution in [2.75, 3.05) is 11.4 Å². The second-order valence-electron chi connectivity index (χ2n) is 8.39. The number of nitrogens with zero attached hydrogens (tertiary/aromatic N) is 3. The Bertz CT molecular complexity index is 1310. The molecule has 1 aliphatic heterocycles. The number of aromatic nitrogens is 2. The number of para-hydroxylation sites is 3. The smallest absolute Gasteiger partial charge is 0.227 e. The minimum atomic E-state index is -0.346. The fraction of sp³-hybridized carbons (Fsp3) is 0.231. The first-order valence-corrected chi connectivity index (χ1v) is 11.1. The van der Waals surface area contributed by atoms with Gasteiger partial charge in [-0.1, -0.05) is 48.0 Å². The first-order valence-electron chi connectivity index (χ1n) is 10.7. The molecule has 1 atom stereocenters. The quantitative estimate of drug-likeness (QED) is 0.384. The molecule has 0 bridgehead atoms. The zero-order valence-corrected chi connectivity index (χ0v) is 18.7. The van der Waals surface area contributed by atoms with Crippen LogP contribution in [0.2, 0.25) is 5.02 Å². The lowest BCUT2D eigenvalue weighted by Gasteiger charge is -2.22. The lowest BCUT2D eigenvalue weighted by atomic mass is 10.1. The molecule has 32 heavy (non-hydrogen) atoms. The third-order valence-electron chi connectivity index (χ3n) is 6.26. The van der Waals surface area contributed by atoms with Crippen LogP contribution < -0.4 is 4.90 Å². The highest BCUT2D eigenvalue weighted by atomic mass is 35.5. The highest BCUT2D eigenvalue weighted by Crippen LogP contribution is 2.36. The summed E-state index contributed by atoms with van der Waals surface area (Å²) in [6, 6.07) is 18.6. The van der Waals surface area contributed by atoms with E-state index in [2.05, 4.69) is 0 Å². The molecular formula is C26H23ClFN3O. The Labute approximate surface area is 191 Å². The molecule has 5 rings (SSSR count). The zero-order valence-electron chi connectivity index (χ0n) is 18.0. The Morgan fingerprint density at radius 1 is 1.03 bits per heavy atom. The molecule has 1 aliphatic rings. The minimum absolute atomic E-state index is 0.0786. The van der Waals surface area contributed by atoms with Gasteiger partial charge in [-0.15, -0.1) is 0 Å². The fourth-order valence-electron chi connectivity index (χ4n) is 4.74. The first-order chi connectivity index (χ1) is 15.4. The summed E-state index contributed by atoms with van der Waals surface area (Å²) in [5, 5.41) is 0.383. The van der Waals surface area contributed by atoms with E-state index in [0.29, 0.717) is 23.6 Å². The van der Waals surface area contributed by atoms with Crippen LogP contribution in [0.25, 0.3) is 11.0 Å². The van der Waals surface area contributed by atoms with E-state index in [-0.39, 0.29) is 24.2 Å². The van der Waals surface area contributed by atoms with E-state index >= 15 is 0 Å². The van der Waals surface area contributed by atoms with E-state index in [1.165, 1.54) is 6.07 Å². The molecule has 0 saturated carbocycles. The zero-order chi connectivity index (χ0) is 22.4. The highest BCUT2D eigenvalue weighted by molar-refractivity contribution is 6.31. The Balaban J connectivity index is 1.58. The number of carbonyl (C=O) groups is 1. The minimum Gasteiger partial charge on any atom is -0.323 e. The molecule has 0 N–H and O–H groups in total. The predicted molar refractivity (Wildman–Crippen MR) is 126 cm³/mol. The molecule has 6 heteroatoms. The lowest BCUT2D eigenvalue weighted by Crippen LogP contribution is -2.26. The van der Waals surface area contributed by atoms with Crippen molar-refractivity contribution in [2.24, 2.45) is 0 Å². The van der Waals surface area contributed by atoms with Crippen LogP contribution in [0.4, 0.5) is 10.1 Å². The maximum Gasteiger partial charge on any atom is 0.227 e. The average molecular weight is 448 g/mol. The molecule has 1 unspecified atom stereocenters. The normalized spacial score (nSPS) is 16.3. The molecule has 0 radical (unpaired) electrons. The molecule has 0 aliphatic carbocycles. The largest absolute Gasteiger partial charge is 0.323 e. The molecule has 0 spiro atoms. The first kappa shape index (κ1) is 20.7. The molecule has 3 aromatic carbocycles. The summed E-state index contributed by atoms with van der Waals surface area (Å²) in [6.45, 7) is 4.85. The van der Waals surface area contributed by atoms with Crippen LogP contribution in [0, 0.1) is 19.7 Å². The molecule has 1 amide bonds. The fourth-order valence-corrected chi connectivity index (χ4v) is 4.96. The maximum atomic E-state index is 14.6. The van der Waals surface area contributed by atoms with Gasteiger partial charge in [0, 0.05) is 35.2 Å². The van der Waals surface area contributed by atoms with Crippen LogP contribution >= 0.6 is 11.6 Å². The third kappa shape index (κ3) is 3.47. The summed E-state index contributed by atoms with van der Waals surface area (Å²) in [7, 11) is 0. The van der Waals surface area contributed by atoms with Gasteiger partial charge in [0.1, 0.15) is 11.6 Å². The monoisotopic (exact) mass is 447 g/mol. The molecule has 4 aromatic rings. The van der Waals surface area contributed by atoms with Crippen molar-refractivity contribution in [3.8, 4) is 0 Å². The Morgan fingerprint density at radius 2 is 1.75 bits per heavy atom. The van der Waals surface area contributed by atoms with E-state index in [1.807, 2.05) is 65.8 Å². The van der Waals surface area contributed by atoms with Gasteiger partial charge in [-0.05, 0) is 49.2 Å². The van der Waals surface area contributed by atoms with Crippen LogP contribution in [-0.4, -0.2) is 22.0 Å². The number of hydrogen-bond donors (Lipinski definition) is 0. The van der Waals surface area contributed by atoms with Crippen LogP contribution in [0.5, 0.6) is 0 Å². The van der Waals surface area contributed by atoms with Gasteiger partial charge < -0.3 is 9.47 Å². The summed E-state index contributed by atoms with van der Waals surface area (Å²) in [6.07, 6.45) is 0.363. The van der Waals surface area contributed by atoms with Crippen molar-refractivity contribution in [3.05, 3.63) is 94.0 Å². The van der Waals surface area contributed by atoms with Gasteiger partial charge in [0.05, 0.1) is 17.6 Å². The molecule has 1 saturated heterocycles. The number of anilines is 1. The number of rotatable bonds is 4. The summed E-state index contributed by atoms with van der Waals surface area (Å²) in [5.41, 5.74) is 5.28. The van der Waals surface area contributed by atoms with E-state index in [4.69, 9.17) is 16.6 Å². The highest BCUT2D eigenvalue weighted by Gasteiger charge is 2.36. The summed E-state index contributed by atoms with van der Waals surface area (Å²) >= 11 is 6.33. The van der Waals surface area contributed by atoms with Crippen LogP contribution in [0.3, 0.4) is 0 Å². The standard InChI is InChI=1S/C26H23ClFN3O/c1-16-7-5-8-17(2)25(16)31-14-18(13-24(31)32)26-29-22-11-3-4-12-23(22)30(26)15-19-20(27)9-6-10-21(19)28/h3-12,18H,13-15H2,1-2H3. The SMILES string of the molecule is Cc1cccc(C)c1N1CC(c2nc3ccccc3n2Cc2c(F)cccc2Cl)CC1=O. The van der Waals surface area contributed by atoms with Crippen molar-refractivity contribution in [1.82, 2.24) is 9.55 Å². The second-order valence-corrected chi connectivity index (χ2v) is 8.80. The van der Waals surface area contributed by atoms with Gasteiger partial charge in [-0.2, -0.15) is 0 Å². The number of amides is 1. The number of imidazole rings is 1. The van der Waals surface area contributed by atoms with Crippen molar-refractivity contribution >= 4 is 34.2 Å². The third-order valence-corrected chi connectivity index (χ3v) is 6.62. The predicted octanol–water partition coefficient (Wildman–Crippen LogP) is 6.01. The number of hydrogen-bond acceptors (Lipinski definition) is 2. The van der Waals surface area contributed by atoms with Crippen LogP contribution in [0.15, 0.2) is 60.7 Å². The topological polar surface area (TPSA) is 38.1 Å². The van der Waals surface area contributed by atoms with Gasteiger partial charge >= 0.3 is 0 Å². The number of halogens is 2. The Hall–Kier alpha value is -3.18. The molecule has 4 nitrogen and oxygen atoms in total. The lowest BCUT2D eigenvalue weighted by molar-refractivity contribution is -0.117. The van der Waals surface area contributed by atoms with Crippen molar-refractivity contribution in [2.45, 2.75) is 32.7 Å². The average Bonchev–Trinajstić information content (AvgIpc) is 3.31. The summed E-state index contributed by atoms with van der Waals surface area (Å²) in [4.78, 5) is 19.8. The van der Waals surface area contributed by atoms with Crippen molar-refractivity contribution < 1.29 is 9.18 Å². The van der Waals surface area contributed by atoms with Crippen LogP contribution in [0.1, 0.15) is 34.9 Å². The molecule has 1 aromatic heterocycles. The van der Waals surface area contributed by atoms with Gasteiger partial charge in [-0.3, -0.25) is 4.79 Å². The van der Waals surface area contributed by atoms with Crippen LogP contribution in [-0.2, 0) is 11.3 Å². The summed E-state index contributed by atoms with van der Waals surface area (Å²) in [5.74, 6) is 0.419. The van der Waals surface area contributed by atoms with Gasteiger partial charge in [0.25, 0.3) is 0 Å². The number of fused-ring (bicyclic) bond motifs is 1. The molecule has 2 heterocycles. The van der Waals surface area contributed by atoms with E-state index in [1.54, 1.807) is 12.1 Å². The maximum absolute atomic E-state index is 14.6. The van der Waals surface area contributed by atoms with E-state index in [9.17, 15) is 9.18 Å². The van der Waals surface area contributed by atoms with Crippen molar-refractivity contribution in [3.63, 3.8) is 0 Å². The molecule has 162 valence electrons. The van der Waals surface area contributed by atoms with E-state index < -0.39 is 0 Å². The van der Waals surface area contributed by atoms with E-state index in [0.717, 1.165) is 33.7 Å². The Kier molecular flexibility index (Phi) is 5.22. The van der Waals surface area contributed by atoms with Gasteiger partial charge in [0.15, 0.2) is 0 Å². The number of aryl methyl sites for hydroxylation is 2. The molecular weight excluding hydrogens is 425 g/mol. The summed E-state index contributed by atoms with van der Waals surface area (Å²) < 4.78 is 16.6. The van der Waals surface area contributed by atoms with Gasteiger partial charge in [0.2, 0.25) is 5.91 Å². The number of benzene rings is 3.